The van der Waals surface area contributed by atoms with Gasteiger partial charge >= 0.3 is 12.1 Å². The van der Waals surface area contributed by atoms with Gasteiger partial charge in [0.1, 0.15) is 22.6 Å². The molecule has 0 bridgehead atoms. The number of hydrogen-bond acceptors (Lipinski definition) is 7. The molecule has 1 amide bonds. The van der Waals surface area contributed by atoms with Gasteiger partial charge in [-0.15, -0.1) is 0 Å². The Bertz CT molecular complexity index is 1280. The molecule has 9 heteroatoms. The van der Waals surface area contributed by atoms with Gasteiger partial charge in [0.05, 0.1) is 22.3 Å². The fourth-order valence-electron chi connectivity index (χ4n) is 3.65. The highest BCUT2D eigenvalue weighted by Gasteiger charge is 2.28. The molecular formula is C31H43NO7S. The summed E-state index contributed by atoms with van der Waals surface area (Å²) in [5, 5.41) is 2.77. The van der Waals surface area contributed by atoms with Crippen LogP contribution in [-0.2, 0) is 30.5 Å². The normalized spacial score (nSPS) is 13.8. The number of amides is 1. The first-order chi connectivity index (χ1) is 18.2. The van der Waals surface area contributed by atoms with Crippen LogP contribution in [0.4, 0.5) is 4.79 Å². The summed E-state index contributed by atoms with van der Waals surface area (Å²) < 4.78 is 44.1. The molecule has 2 rings (SSSR count). The summed E-state index contributed by atoms with van der Waals surface area (Å²) in [5.74, 6) is -0.0151. The van der Waals surface area contributed by atoms with Gasteiger partial charge in [-0.1, -0.05) is 30.3 Å². The van der Waals surface area contributed by atoms with Crippen LogP contribution in [0.15, 0.2) is 70.5 Å². The van der Waals surface area contributed by atoms with Crippen LogP contribution in [0, 0.1) is 0 Å². The Morgan fingerprint density at radius 2 is 1.35 bits per heavy atom. The van der Waals surface area contributed by atoms with E-state index in [1.54, 1.807) is 59.7 Å². The second kappa shape index (κ2) is 12.9. The van der Waals surface area contributed by atoms with E-state index in [1.807, 2.05) is 45.0 Å². The molecule has 0 saturated carbocycles. The predicted molar refractivity (Wildman–Crippen MR) is 156 cm³/mol. The minimum Gasteiger partial charge on any atom is -0.488 e. The van der Waals surface area contributed by atoms with E-state index in [0.29, 0.717) is 5.75 Å². The molecule has 0 aliphatic carbocycles. The highest BCUT2D eigenvalue weighted by Crippen LogP contribution is 2.25. The fourth-order valence-corrected chi connectivity index (χ4v) is 5.12. The van der Waals surface area contributed by atoms with Gasteiger partial charge in [-0.2, -0.15) is 0 Å². The molecule has 0 unspecified atom stereocenters. The maximum atomic E-state index is 13.7. The molecule has 2 aromatic rings. The number of nitrogens with one attached hydrogen (secondary N) is 1. The van der Waals surface area contributed by atoms with E-state index in [4.69, 9.17) is 14.2 Å². The summed E-state index contributed by atoms with van der Waals surface area (Å²) in [6.07, 6.45) is 0.418. The SMILES string of the molecule is CC(C)(C)OC(=O)C/C(=C/[C@H](Cc1ccc(OC(C)(C)C)cc1)NC(=O)OC(C)(C)C)S(=O)(=O)c1ccccc1. The Kier molecular flexibility index (Phi) is 10.6. The van der Waals surface area contributed by atoms with Crippen molar-refractivity contribution in [3.63, 3.8) is 0 Å². The van der Waals surface area contributed by atoms with Crippen LogP contribution < -0.4 is 10.1 Å². The Labute approximate surface area is 239 Å². The van der Waals surface area contributed by atoms with Crippen LogP contribution in [0.5, 0.6) is 5.75 Å². The van der Waals surface area contributed by atoms with Crippen molar-refractivity contribution >= 4 is 21.9 Å². The van der Waals surface area contributed by atoms with E-state index >= 15 is 0 Å². The van der Waals surface area contributed by atoms with Gasteiger partial charge in [-0.25, -0.2) is 13.2 Å². The average Bonchev–Trinajstić information content (AvgIpc) is 2.77. The summed E-state index contributed by atoms with van der Waals surface area (Å²) in [5.41, 5.74) is -1.12. The minimum absolute atomic E-state index is 0.0320. The van der Waals surface area contributed by atoms with Crippen LogP contribution >= 0.6 is 0 Å². The molecule has 0 heterocycles. The maximum absolute atomic E-state index is 13.7. The van der Waals surface area contributed by atoms with Gasteiger partial charge in [0.25, 0.3) is 0 Å². The summed E-state index contributed by atoms with van der Waals surface area (Å²) in [4.78, 5) is 25.4. The van der Waals surface area contributed by atoms with Crippen molar-refractivity contribution in [2.45, 2.75) is 103 Å². The third-order valence-corrected chi connectivity index (χ3v) is 6.89. The standard InChI is InChI=1S/C31H43NO7S/c1-29(2,3)37-24-17-15-22(16-18-24)19-23(32-28(34)39-31(7,8)9)20-26(21-27(33)38-30(4,5)6)40(35,36)25-13-11-10-12-14-25/h10-18,20,23H,19,21H2,1-9H3,(H,32,34)/b26-20-/t23-/m0/s1. The molecule has 1 N–H and O–H groups in total. The first kappa shape index (κ1) is 32.9. The topological polar surface area (TPSA) is 108 Å². The molecule has 220 valence electrons. The van der Waals surface area contributed by atoms with E-state index < -0.39 is 45.6 Å². The molecule has 0 radical (unpaired) electrons. The highest BCUT2D eigenvalue weighted by molar-refractivity contribution is 7.95. The smallest absolute Gasteiger partial charge is 0.408 e. The monoisotopic (exact) mass is 573 g/mol. The maximum Gasteiger partial charge on any atom is 0.408 e. The molecule has 2 aromatic carbocycles. The second-order valence-electron chi connectivity index (χ2n) is 12.5. The molecule has 40 heavy (non-hydrogen) atoms. The Hall–Kier alpha value is -3.33. The van der Waals surface area contributed by atoms with Gasteiger partial charge < -0.3 is 19.5 Å². The summed E-state index contributed by atoms with van der Waals surface area (Å²) in [6.45, 7) is 16.2. The van der Waals surface area contributed by atoms with Crippen LogP contribution in [0.25, 0.3) is 0 Å². The van der Waals surface area contributed by atoms with Gasteiger partial charge in [-0.3, -0.25) is 4.79 Å². The number of alkyl carbamates (subject to hydrolysis) is 1. The zero-order chi connectivity index (χ0) is 30.4. The molecular weight excluding hydrogens is 530 g/mol. The molecule has 0 aromatic heterocycles. The summed E-state index contributed by atoms with van der Waals surface area (Å²) in [7, 11) is -4.09. The lowest BCUT2D eigenvalue weighted by Gasteiger charge is -2.24. The van der Waals surface area contributed by atoms with Gasteiger partial charge in [-0.05, 0) is 105 Å². The second-order valence-corrected chi connectivity index (χ2v) is 14.5. The molecule has 0 aliphatic heterocycles. The van der Waals surface area contributed by atoms with E-state index in [-0.39, 0.29) is 21.8 Å². The van der Waals surface area contributed by atoms with Crippen LogP contribution in [-0.4, -0.2) is 43.3 Å². The van der Waals surface area contributed by atoms with Crippen molar-refractivity contribution < 1.29 is 32.2 Å². The average molecular weight is 574 g/mol. The highest BCUT2D eigenvalue weighted by atomic mass is 32.2. The lowest BCUT2D eigenvalue weighted by molar-refractivity contribution is -0.153. The van der Waals surface area contributed by atoms with E-state index in [1.165, 1.54) is 18.2 Å². The van der Waals surface area contributed by atoms with Crippen LogP contribution in [0.3, 0.4) is 0 Å². The van der Waals surface area contributed by atoms with Gasteiger partial charge in [0.15, 0.2) is 0 Å². The molecule has 0 aliphatic rings. The first-order valence-electron chi connectivity index (χ1n) is 13.2. The van der Waals surface area contributed by atoms with E-state index in [2.05, 4.69) is 5.32 Å². The molecule has 0 saturated heterocycles. The van der Waals surface area contributed by atoms with Crippen molar-refractivity contribution in [2.24, 2.45) is 0 Å². The number of sulfone groups is 1. The van der Waals surface area contributed by atoms with Crippen molar-refractivity contribution in [3.8, 4) is 5.75 Å². The van der Waals surface area contributed by atoms with Gasteiger partial charge in [0, 0.05) is 0 Å². The predicted octanol–water partition coefficient (Wildman–Crippen LogP) is 6.39. The van der Waals surface area contributed by atoms with E-state index in [9.17, 15) is 18.0 Å². The fraction of sp³-hybridized carbons (Fsp3) is 0.484. The Morgan fingerprint density at radius 3 is 1.85 bits per heavy atom. The zero-order valence-electron chi connectivity index (χ0n) is 25.0. The summed E-state index contributed by atoms with van der Waals surface area (Å²) >= 11 is 0. The Morgan fingerprint density at radius 1 is 0.800 bits per heavy atom. The number of esters is 1. The molecule has 1 atom stereocenters. The largest absolute Gasteiger partial charge is 0.488 e. The number of ether oxygens (including phenoxy) is 3. The van der Waals surface area contributed by atoms with Crippen molar-refractivity contribution in [3.05, 3.63) is 71.1 Å². The third kappa shape index (κ3) is 11.8. The van der Waals surface area contributed by atoms with Crippen molar-refractivity contribution in [2.75, 3.05) is 0 Å². The molecule has 8 nitrogen and oxygen atoms in total. The van der Waals surface area contributed by atoms with Crippen molar-refractivity contribution in [1.29, 1.82) is 0 Å². The van der Waals surface area contributed by atoms with E-state index in [0.717, 1.165) is 5.56 Å². The van der Waals surface area contributed by atoms with Crippen LogP contribution in [0.2, 0.25) is 0 Å². The Balaban J connectivity index is 2.52. The quantitative estimate of drug-likeness (QED) is 0.346. The first-order valence-corrected chi connectivity index (χ1v) is 14.7. The third-order valence-electron chi connectivity index (χ3n) is 5.03. The zero-order valence-corrected chi connectivity index (χ0v) is 25.8. The minimum atomic E-state index is -4.09. The van der Waals surface area contributed by atoms with Gasteiger partial charge in [0.2, 0.25) is 9.84 Å². The van der Waals surface area contributed by atoms with Crippen LogP contribution in [0.1, 0.15) is 74.3 Å². The number of rotatable bonds is 9. The molecule has 0 spiro atoms. The molecule has 0 fully saturated rings. The number of hydrogen-bond donors (Lipinski definition) is 1. The lowest BCUT2D eigenvalue weighted by atomic mass is 10.0. The summed E-state index contributed by atoms with van der Waals surface area (Å²) in [6, 6.07) is 14.3. The number of benzene rings is 2. The number of carbonyl (C=O) groups excluding carboxylic acids is 2. The van der Waals surface area contributed by atoms with Crippen molar-refractivity contribution in [1.82, 2.24) is 5.32 Å². The number of carbonyl (C=O) groups is 2. The lowest BCUT2D eigenvalue weighted by Crippen LogP contribution is -2.39.